The number of sulfone groups is 1. The molecule has 1 spiro atoms. The van der Waals surface area contributed by atoms with E-state index in [1.165, 1.54) is 6.07 Å². The SMILES string of the molecule is CC(C)(C)OC(=O)NC1=N[C@](C)(c2sc(OC=O)cc2Cl)CS(=O)(=O)C12CCC2. The van der Waals surface area contributed by atoms with Gasteiger partial charge in [-0.05, 0) is 47.0 Å². The molecule has 1 N–H and O–H groups in total. The second-order valence-electron chi connectivity index (χ2n) is 8.42. The predicted octanol–water partition coefficient (Wildman–Crippen LogP) is 3.43. The maximum Gasteiger partial charge on any atom is 0.413 e. The van der Waals surface area contributed by atoms with Crippen LogP contribution in [0, 0.1) is 0 Å². The maximum atomic E-state index is 13.3. The standard InChI is InChI=1S/C18H23ClN2O6S2/c1-16(2,3)27-15(23)20-14-18(6-5-7-18)29(24,25)9-17(4,21-14)13-11(19)8-12(28-13)26-10-22/h8,10H,5-7,9H2,1-4H3,(H,20,21,23)/t17-/m0/s1. The molecular formula is C18H23ClN2O6S2. The molecule has 1 fully saturated rings. The Morgan fingerprint density at radius 2 is 2.03 bits per heavy atom. The summed E-state index contributed by atoms with van der Waals surface area (Å²) in [6, 6.07) is 1.44. The number of carbonyl (C=O) groups is 2. The number of nitrogens with one attached hydrogen (secondary N) is 1. The Kier molecular flexibility index (Phi) is 5.51. The summed E-state index contributed by atoms with van der Waals surface area (Å²) in [6.07, 6.45) is 0.738. The maximum absolute atomic E-state index is 13.3. The molecule has 0 aromatic carbocycles. The Labute approximate surface area is 178 Å². The monoisotopic (exact) mass is 462 g/mol. The second-order valence-corrected chi connectivity index (χ2v) is 12.1. The van der Waals surface area contributed by atoms with E-state index in [2.05, 4.69) is 10.3 Å². The number of aliphatic imine (C=N–C) groups is 1. The molecule has 1 aliphatic carbocycles. The van der Waals surface area contributed by atoms with Gasteiger partial charge in [0.25, 0.3) is 6.47 Å². The predicted molar refractivity (Wildman–Crippen MR) is 111 cm³/mol. The minimum Gasteiger partial charge on any atom is -0.444 e. The molecule has 0 bridgehead atoms. The van der Waals surface area contributed by atoms with Gasteiger partial charge in [0.05, 0.1) is 15.7 Å². The second kappa shape index (κ2) is 7.24. The zero-order valence-corrected chi connectivity index (χ0v) is 19.0. The number of hydrogen-bond donors (Lipinski definition) is 1. The highest BCUT2D eigenvalue weighted by atomic mass is 35.5. The smallest absolute Gasteiger partial charge is 0.413 e. The summed E-state index contributed by atoms with van der Waals surface area (Å²) >= 11 is 7.34. The van der Waals surface area contributed by atoms with E-state index in [1.807, 2.05) is 0 Å². The lowest BCUT2D eigenvalue weighted by atomic mass is 9.82. The molecular weight excluding hydrogens is 440 g/mol. The molecule has 1 amide bonds. The molecule has 1 aliphatic heterocycles. The number of amidine groups is 1. The number of halogens is 1. The quantitative estimate of drug-likeness (QED) is 0.689. The van der Waals surface area contributed by atoms with E-state index in [1.54, 1.807) is 27.7 Å². The first-order valence-corrected chi connectivity index (χ1v) is 11.9. The number of alkyl carbamates (subject to hydrolysis) is 1. The summed E-state index contributed by atoms with van der Waals surface area (Å²) in [5.41, 5.74) is -1.98. The van der Waals surface area contributed by atoms with Crippen molar-refractivity contribution < 1.29 is 27.5 Å². The zero-order chi connectivity index (χ0) is 21.7. The summed E-state index contributed by atoms with van der Waals surface area (Å²) < 4.78 is 35.5. The molecule has 0 saturated heterocycles. The highest BCUT2D eigenvalue weighted by Gasteiger charge is 2.59. The number of rotatable bonds is 3. The van der Waals surface area contributed by atoms with Gasteiger partial charge in [0, 0.05) is 6.07 Å². The normalized spacial score (nSPS) is 24.9. The number of hydrogen-bond acceptors (Lipinski definition) is 8. The van der Waals surface area contributed by atoms with Gasteiger partial charge in [0.2, 0.25) is 0 Å². The lowest BCUT2D eigenvalue weighted by Crippen LogP contribution is -2.63. The van der Waals surface area contributed by atoms with Gasteiger partial charge >= 0.3 is 6.09 Å². The number of amides is 1. The lowest BCUT2D eigenvalue weighted by molar-refractivity contribution is -0.120. The van der Waals surface area contributed by atoms with Crippen molar-refractivity contribution in [3.05, 3.63) is 16.0 Å². The summed E-state index contributed by atoms with van der Waals surface area (Å²) in [7, 11) is -3.66. The fraction of sp³-hybridized carbons (Fsp3) is 0.611. The van der Waals surface area contributed by atoms with Crippen LogP contribution in [-0.4, -0.2) is 42.9 Å². The van der Waals surface area contributed by atoms with Gasteiger partial charge in [-0.1, -0.05) is 22.9 Å². The van der Waals surface area contributed by atoms with Crippen LogP contribution in [0.15, 0.2) is 11.1 Å². The van der Waals surface area contributed by atoms with Crippen LogP contribution >= 0.6 is 22.9 Å². The van der Waals surface area contributed by atoms with Crippen molar-refractivity contribution in [3.8, 4) is 5.06 Å². The van der Waals surface area contributed by atoms with Crippen LogP contribution in [0.5, 0.6) is 5.06 Å². The van der Waals surface area contributed by atoms with Crippen LogP contribution in [0.3, 0.4) is 0 Å². The van der Waals surface area contributed by atoms with E-state index in [4.69, 9.17) is 21.1 Å². The van der Waals surface area contributed by atoms with Crippen LogP contribution in [0.2, 0.25) is 5.02 Å². The first-order valence-electron chi connectivity index (χ1n) is 9.05. The molecule has 11 heteroatoms. The van der Waals surface area contributed by atoms with E-state index < -0.39 is 31.8 Å². The fourth-order valence-electron chi connectivity index (χ4n) is 3.56. The van der Waals surface area contributed by atoms with Gasteiger partial charge in [0.1, 0.15) is 21.7 Å². The minimum atomic E-state index is -3.66. The van der Waals surface area contributed by atoms with Crippen molar-refractivity contribution in [2.24, 2.45) is 4.99 Å². The molecule has 29 heavy (non-hydrogen) atoms. The van der Waals surface area contributed by atoms with E-state index >= 15 is 0 Å². The van der Waals surface area contributed by atoms with E-state index in [0.29, 0.717) is 17.7 Å². The Morgan fingerprint density at radius 1 is 1.38 bits per heavy atom. The van der Waals surface area contributed by atoms with Gasteiger partial charge in [-0.2, -0.15) is 0 Å². The number of carbonyl (C=O) groups excluding carboxylic acids is 2. The van der Waals surface area contributed by atoms with E-state index in [-0.39, 0.29) is 28.1 Å². The molecule has 0 unspecified atom stereocenters. The van der Waals surface area contributed by atoms with Gasteiger partial charge in [0.15, 0.2) is 14.9 Å². The lowest BCUT2D eigenvalue weighted by Gasteiger charge is -2.47. The number of nitrogens with zero attached hydrogens (tertiary/aromatic N) is 1. The van der Waals surface area contributed by atoms with Crippen molar-refractivity contribution in [1.29, 1.82) is 0 Å². The summed E-state index contributed by atoms with van der Waals surface area (Å²) in [5.74, 6) is -0.186. The van der Waals surface area contributed by atoms with Crippen molar-refractivity contribution in [3.63, 3.8) is 0 Å². The minimum absolute atomic E-state index is 0.0778. The summed E-state index contributed by atoms with van der Waals surface area (Å²) in [4.78, 5) is 28.1. The van der Waals surface area contributed by atoms with E-state index in [0.717, 1.165) is 17.8 Å². The molecule has 1 aromatic rings. The third kappa shape index (κ3) is 4.02. The highest BCUT2D eigenvalue weighted by molar-refractivity contribution is 7.93. The molecule has 160 valence electrons. The average Bonchev–Trinajstić information content (AvgIpc) is 2.83. The third-order valence-corrected chi connectivity index (χ3v) is 9.38. The van der Waals surface area contributed by atoms with Crippen LogP contribution in [-0.2, 0) is 24.9 Å². The van der Waals surface area contributed by atoms with Crippen LogP contribution in [0.4, 0.5) is 4.79 Å². The first kappa shape index (κ1) is 22.0. The van der Waals surface area contributed by atoms with Crippen molar-refractivity contribution in [2.75, 3.05) is 5.75 Å². The Balaban J connectivity index is 2.06. The molecule has 0 radical (unpaired) electrons. The Hall–Kier alpha value is -1.65. The topological polar surface area (TPSA) is 111 Å². The van der Waals surface area contributed by atoms with Crippen molar-refractivity contribution in [1.82, 2.24) is 5.32 Å². The van der Waals surface area contributed by atoms with Crippen molar-refractivity contribution in [2.45, 2.75) is 62.8 Å². The van der Waals surface area contributed by atoms with Gasteiger partial charge in [-0.3, -0.25) is 15.1 Å². The Morgan fingerprint density at radius 3 is 2.55 bits per heavy atom. The van der Waals surface area contributed by atoms with Crippen LogP contribution in [0.25, 0.3) is 0 Å². The van der Waals surface area contributed by atoms with Crippen LogP contribution in [0.1, 0.15) is 51.8 Å². The van der Waals surface area contributed by atoms with E-state index in [9.17, 15) is 18.0 Å². The highest BCUT2D eigenvalue weighted by Crippen LogP contribution is 2.50. The fourth-order valence-corrected chi connectivity index (χ4v) is 7.62. The third-order valence-electron chi connectivity index (χ3n) is 4.95. The Bertz CT molecular complexity index is 975. The van der Waals surface area contributed by atoms with Crippen LogP contribution < -0.4 is 10.1 Å². The molecule has 1 saturated carbocycles. The first-order chi connectivity index (χ1) is 13.3. The molecule has 1 aromatic heterocycles. The summed E-state index contributed by atoms with van der Waals surface area (Å²) in [6.45, 7) is 7.06. The largest absolute Gasteiger partial charge is 0.444 e. The van der Waals surface area contributed by atoms with Crippen molar-refractivity contribution >= 4 is 51.2 Å². The summed E-state index contributed by atoms with van der Waals surface area (Å²) in [5, 5.41) is 3.06. The molecule has 8 nitrogen and oxygen atoms in total. The molecule has 1 atom stereocenters. The molecule has 2 aliphatic rings. The zero-order valence-electron chi connectivity index (χ0n) is 16.6. The number of ether oxygens (including phenoxy) is 2. The number of thiophene rings is 1. The molecule has 2 heterocycles. The van der Waals surface area contributed by atoms with Gasteiger partial charge in [-0.25, -0.2) is 13.2 Å². The average molecular weight is 463 g/mol. The van der Waals surface area contributed by atoms with Gasteiger partial charge in [-0.15, -0.1) is 0 Å². The molecule has 3 rings (SSSR count). The van der Waals surface area contributed by atoms with Gasteiger partial charge < -0.3 is 9.47 Å².